The maximum Gasteiger partial charge on any atom is 0.230 e. The number of benzene rings is 1. The van der Waals surface area contributed by atoms with E-state index in [9.17, 15) is 4.79 Å². The molecule has 1 aromatic carbocycles. The lowest BCUT2D eigenvalue weighted by Gasteiger charge is -2.07. The molecule has 7 heteroatoms. The van der Waals surface area contributed by atoms with Gasteiger partial charge in [0.05, 0.1) is 12.9 Å². The minimum atomic E-state index is -0.0128. The molecule has 0 radical (unpaired) electrons. The first-order valence-corrected chi connectivity index (χ1v) is 10.2. The number of thioether (sulfide) groups is 1. The molecule has 2 heterocycles. The van der Waals surface area contributed by atoms with Crippen molar-refractivity contribution < 1.29 is 9.53 Å². The van der Waals surface area contributed by atoms with Gasteiger partial charge in [-0.05, 0) is 37.1 Å². The number of ether oxygens (including phenoxy) is 1. The zero-order chi connectivity index (χ0) is 18.5. The normalized spacial score (nSPS) is 10.9. The Hall–Kier alpha value is -2.12. The standard InChI is InChI=1S/C19H21N3O2S2/c1-4-15-9-16-18(21-12(2)22-19(16)26-15)25-11-17(23)20-10-13-5-7-14(24-3)8-6-13/h5-9H,4,10-11H2,1-3H3,(H,20,23). The van der Waals surface area contributed by atoms with Crippen molar-refractivity contribution in [3.05, 3.63) is 46.6 Å². The molecular formula is C19H21N3O2S2. The maximum absolute atomic E-state index is 12.2. The average molecular weight is 388 g/mol. The van der Waals surface area contributed by atoms with Gasteiger partial charge < -0.3 is 10.1 Å². The SMILES string of the molecule is CCc1cc2c(SCC(=O)NCc3ccc(OC)cc3)nc(C)nc2s1. The van der Waals surface area contributed by atoms with E-state index in [1.165, 1.54) is 16.6 Å². The van der Waals surface area contributed by atoms with Gasteiger partial charge in [0.1, 0.15) is 21.4 Å². The van der Waals surface area contributed by atoms with E-state index in [1.54, 1.807) is 18.4 Å². The number of aryl methyl sites for hydroxylation is 2. The second-order valence-electron chi connectivity index (χ2n) is 5.77. The van der Waals surface area contributed by atoms with Crippen molar-refractivity contribution >= 4 is 39.2 Å². The van der Waals surface area contributed by atoms with Crippen molar-refractivity contribution in [1.82, 2.24) is 15.3 Å². The average Bonchev–Trinajstić information content (AvgIpc) is 3.07. The van der Waals surface area contributed by atoms with Crippen molar-refractivity contribution in [2.75, 3.05) is 12.9 Å². The van der Waals surface area contributed by atoms with Crippen LogP contribution in [-0.4, -0.2) is 28.7 Å². The topological polar surface area (TPSA) is 64.1 Å². The van der Waals surface area contributed by atoms with Crippen LogP contribution < -0.4 is 10.1 Å². The molecule has 0 spiro atoms. The van der Waals surface area contributed by atoms with Gasteiger partial charge in [0.2, 0.25) is 5.91 Å². The van der Waals surface area contributed by atoms with Crippen LogP contribution in [0.5, 0.6) is 5.75 Å². The van der Waals surface area contributed by atoms with E-state index >= 15 is 0 Å². The molecule has 3 aromatic rings. The summed E-state index contributed by atoms with van der Waals surface area (Å²) in [6.07, 6.45) is 0.979. The first-order chi connectivity index (χ1) is 12.6. The molecule has 0 bridgehead atoms. The molecule has 0 aliphatic carbocycles. The highest BCUT2D eigenvalue weighted by Crippen LogP contribution is 2.31. The van der Waals surface area contributed by atoms with Crippen LogP contribution in [0.25, 0.3) is 10.2 Å². The third kappa shape index (κ3) is 4.53. The fourth-order valence-electron chi connectivity index (χ4n) is 2.46. The largest absolute Gasteiger partial charge is 0.497 e. The molecule has 0 saturated carbocycles. The van der Waals surface area contributed by atoms with Gasteiger partial charge in [-0.15, -0.1) is 11.3 Å². The van der Waals surface area contributed by atoms with Crippen molar-refractivity contribution in [1.29, 1.82) is 0 Å². The molecule has 0 unspecified atom stereocenters. The molecule has 0 aliphatic rings. The second kappa shape index (κ2) is 8.51. The molecule has 1 amide bonds. The first kappa shape index (κ1) is 18.7. The smallest absolute Gasteiger partial charge is 0.230 e. The number of aromatic nitrogens is 2. The van der Waals surface area contributed by atoms with E-state index in [1.807, 2.05) is 31.2 Å². The van der Waals surface area contributed by atoms with E-state index < -0.39 is 0 Å². The number of methoxy groups -OCH3 is 1. The molecule has 5 nitrogen and oxygen atoms in total. The highest BCUT2D eigenvalue weighted by molar-refractivity contribution is 8.00. The number of nitrogens with one attached hydrogen (secondary N) is 1. The van der Waals surface area contributed by atoms with E-state index in [0.29, 0.717) is 12.3 Å². The lowest BCUT2D eigenvalue weighted by Crippen LogP contribution is -2.24. The Bertz CT molecular complexity index is 907. The number of carbonyl (C=O) groups is 1. The third-order valence-corrected chi connectivity index (χ3v) is 6.02. The van der Waals surface area contributed by atoms with Crippen LogP contribution in [0, 0.1) is 6.92 Å². The molecule has 26 heavy (non-hydrogen) atoms. The van der Waals surface area contributed by atoms with Gasteiger partial charge in [0.15, 0.2) is 0 Å². The molecular weight excluding hydrogens is 366 g/mol. The third-order valence-electron chi connectivity index (χ3n) is 3.86. The molecule has 0 aliphatic heterocycles. The van der Waals surface area contributed by atoms with E-state index in [0.717, 1.165) is 38.8 Å². The quantitative estimate of drug-likeness (QED) is 0.491. The Kier molecular flexibility index (Phi) is 6.11. The number of amides is 1. The number of thiophene rings is 1. The molecule has 136 valence electrons. The van der Waals surface area contributed by atoms with Gasteiger partial charge in [-0.3, -0.25) is 4.79 Å². The van der Waals surface area contributed by atoms with Gasteiger partial charge in [0.25, 0.3) is 0 Å². The first-order valence-electron chi connectivity index (χ1n) is 8.38. The number of rotatable bonds is 7. The summed E-state index contributed by atoms with van der Waals surface area (Å²) in [7, 11) is 1.64. The Labute approximate surface area is 161 Å². The van der Waals surface area contributed by atoms with Gasteiger partial charge >= 0.3 is 0 Å². The van der Waals surface area contributed by atoms with E-state index in [4.69, 9.17) is 4.74 Å². The van der Waals surface area contributed by atoms with Crippen molar-refractivity contribution in [3.8, 4) is 5.75 Å². The summed E-state index contributed by atoms with van der Waals surface area (Å²) in [5, 5.41) is 4.87. The fourth-order valence-corrected chi connectivity index (χ4v) is 4.41. The van der Waals surface area contributed by atoms with E-state index in [-0.39, 0.29) is 5.91 Å². The molecule has 0 saturated heterocycles. The number of carbonyl (C=O) groups excluding carboxylic acids is 1. The molecule has 0 atom stereocenters. The number of fused-ring (bicyclic) bond motifs is 1. The summed E-state index contributed by atoms with van der Waals surface area (Å²) in [5.74, 6) is 1.87. The Balaban J connectivity index is 1.60. The monoisotopic (exact) mass is 387 g/mol. The summed E-state index contributed by atoms with van der Waals surface area (Å²) in [4.78, 5) is 23.5. The van der Waals surface area contributed by atoms with Crippen molar-refractivity contribution in [2.24, 2.45) is 0 Å². The van der Waals surface area contributed by atoms with Crippen LogP contribution >= 0.6 is 23.1 Å². The minimum absolute atomic E-state index is 0.0128. The summed E-state index contributed by atoms with van der Waals surface area (Å²) in [5.41, 5.74) is 1.04. The lowest BCUT2D eigenvalue weighted by atomic mass is 10.2. The highest BCUT2D eigenvalue weighted by atomic mass is 32.2. The number of nitrogens with zero attached hydrogens (tertiary/aromatic N) is 2. The van der Waals surface area contributed by atoms with Gasteiger partial charge in [0, 0.05) is 16.8 Å². The number of hydrogen-bond donors (Lipinski definition) is 1. The Morgan fingerprint density at radius 3 is 2.73 bits per heavy atom. The van der Waals surface area contributed by atoms with E-state index in [2.05, 4.69) is 28.3 Å². The zero-order valence-electron chi connectivity index (χ0n) is 15.0. The Morgan fingerprint density at radius 1 is 1.27 bits per heavy atom. The Morgan fingerprint density at radius 2 is 2.04 bits per heavy atom. The molecule has 1 N–H and O–H groups in total. The molecule has 3 rings (SSSR count). The van der Waals surface area contributed by atoms with Gasteiger partial charge in [-0.1, -0.05) is 30.8 Å². The molecule has 0 fully saturated rings. The van der Waals surface area contributed by atoms with Crippen LogP contribution in [0.3, 0.4) is 0 Å². The highest BCUT2D eigenvalue weighted by Gasteiger charge is 2.12. The van der Waals surface area contributed by atoms with Crippen LogP contribution in [0.2, 0.25) is 0 Å². The minimum Gasteiger partial charge on any atom is -0.497 e. The zero-order valence-corrected chi connectivity index (χ0v) is 16.7. The summed E-state index contributed by atoms with van der Waals surface area (Å²) in [6.45, 7) is 4.52. The number of hydrogen-bond acceptors (Lipinski definition) is 6. The van der Waals surface area contributed by atoms with Gasteiger partial charge in [-0.25, -0.2) is 9.97 Å². The van der Waals surface area contributed by atoms with Crippen molar-refractivity contribution in [3.63, 3.8) is 0 Å². The van der Waals surface area contributed by atoms with Gasteiger partial charge in [-0.2, -0.15) is 0 Å². The summed E-state index contributed by atoms with van der Waals surface area (Å²) >= 11 is 3.16. The van der Waals surface area contributed by atoms with Crippen LogP contribution in [0.15, 0.2) is 35.4 Å². The summed E-state index contributed by atoms with van der Waals surface area (Å²) < 4.78 is 5.13. The second-order valence-corrected chi connectivity index (χ2v) is 7.85. The molecule has 2 aromatic heterocycles. The maximum atomic E-state index is 12.2. The van der Waals surface area contributed by atoms with Crippen LogP contribution in [0.1, 0.15) is 23.2 Å². The van der Waals surface area contributed by atoms with Crippen molar-refractivity contribution in [2.45, 2.75) is 31.8 Å². The fraction of sp³-hybridized carbons (Fsp3) is 0.316. The van der Waals surface area contributed by atoms with Crippen LogP contribution in [0.4, 0.5) is 0 Å². The lowest BCUT2D eigenvalue weighted by molar-refractivity contribution is -0.118. The van der Waals surface area contributed by atoms with Crippen LogP contribution in [-0.2, 0) is 17.8 Å². The predicted octanol–water partition coefficient (Wildman–Crippen LogP) is 3.98. The summed E-state index contributed by atoms with van der Waals surface area (Å²) in [6, 6.07) is 9.80. The predicted molar refractivity (Wildman–Crippen MR) is 107 cm³/mol.